The van der Waals surface area contributed by atoms with Gasteiger partial charge in [-0.2, -0.15) is 0 Å². The molecule has 91 valence electrons. The van der Waals surface area contributed by atoms with Gasteiger partial charge in [0.2, 0.25) is 0 Å². The van der Waals surface area contributed by atoms with Gasteiger partial charge in [-0.1, -0.05) is 0 Å². The van der Waals surface area contributed by atoms with Gasteiger partial charge in [-0.3, -0.25) is 0 Å². The molecule has 0 aliphatic carbocycles. The van der Waals surface area contributed by atoms with Crippen LogP contribution in [-0.2, 0) is 21.0 Å². The number of hydrogen-bond acceptors (Lipinski definition) is 8. The Labute approximate surface area is 196 Å². The summed E-state index contributed by atoms with van der Waals surface area (Å²) in [6, 6.07) is 2.51. The Bertz CT molecular complexity index is 275. The maximum atomic E-state index is 10.2. The van der Waals surface area contributed by atoms with Crippen LogP contribution in [0.1, 0.15) is 10.5 Å². The van der Waals surface area contributed by atoms with Gasteiger partial charge < -0.3 is 31.2 Å². The van der Waals surface area contributed by atoms with Gasteiger partial charge >= 0.3 is 130 Å². The molecular formula is C6H7K2NO8V. The third-order valence-corrected chi connectivity index (χ3v) is 0.967. The van der Waals surface area contributed by atoms with Crippen molar-refractivity contribution in [1.82, 2.24) is 4.98 Å². The van der Waals surface area contributed by atoms with E-state index < -0.39 is 5.97 Å². The average molecular weight is 350 g/mol. The molecule has 0 fully saturated rings. The van der Waals surface area contributed by atoms with E-state index in [2.05, 4.69) is 4.98 Å². The Hall–Kier alpha value is 1.92. The van der Waals surface area contributed by atoms with E-state index in [4.69, 9.17) is 34.9 Å². The summed E-state index contributed by atoms with van der Waals surface area (Å²) in [5, 5.41) is 43.0. The summed E-state index contributed by atoms with van der Waals surface area (Å²) in [5.74, 6) is -1.13. The predicted octanol–water partition coefficient (Wildman–Crippen LogP) is -7.99. The standard InChI is InChI=1S/C6H5NO3.2K.2H2O2.O.V/c8-4-1-2-5(6(9)10)7-3-4;;;2*1-2;;/h1-3,8H,(H,9,10);;;2*1-2H;;/q;2*+1;;;;/p-2. The molecule has 12 heteroatoms. The van der Waals surface area contributed by atoms with Gasteiger partial charge in [0.25, 0.3) is 0 Å². The van der Waals surface area contributed by atoms with E-state index in [9.17, 15) is 4.79 Å². The molecule has 1 aromatic heterocycles. The fourth-order valence-electron chi connectivity index (χ4n) is 0.513. The second-order valence-electron chi connectivity index (χ2n) is 1.71. The molecule has 4 N–H and O–H groups in total. The number of nitrogens with zero attached hydrogens (tertiary/aromatic N) is 1. The number of carbonyl (C=O) groups is 1. The van der Waals surface area contributed by atoms with Crippen molar-refractivity contribution in [3.63, 3.8) is 0 Å². The Balaban J connectivity index is -0.0000000623. The second-order valence-corrected chi connectivity index (χ2v) is 1.71. The van der Waals surface area contributed by atoms with Crippen molar-refractivity contribution in [2.24, 2.45) is 0 Å². The zero-order valence-electron chi connectivity index (χ0n) is 9.55. The topological polar surface area (TPSA) is 174 Å². The molecule has 0 bridgehead atoms. The summed E-state index contributed by atoms with van der Waals surface area (Å²) >= 11 is 1.06. The Morgan fingerprint density at radius 2 is 1.50 bits per heavy atom. The first-order valence-electron chi connectivity index (χ1n) is 3.13. The van der Waals surface area contributed by atoms with E-state index in [0.29, 0.717) is 0 Å². The molecule has 18 heavy (non-hydrogen) atoms. The third-order valence-electron chi connectivity index (χ3n) is 0.967. The van der Waals surface area contributed by atoms with Crippen LogP contribution in [-0.4, -0.2) is 31.7 Å². The van der Waals surface area contributed by atoms with Gasteiger partial charge in [0, 0.05) is 0 Å². The number of hydrogen-bond donors (Lipinski definition) is 4. The number of pyridine rings is 1. The number of carboxylic acids is 1. The van der Waals surface area contributed by atoms with Crippen LogP contribution in [0, 0.1) is 0 Å². The van der Waals surface area contributed by atoms with Crippen molar-refractivity contribution in [2.75, 3.05) is 0 Å². The summed E-state index contributed by atoms with van der Waals surface area (Å²) in [5.41, 5.74) is -0.0715. The predicted molar refractivity (Wildman–Crippen MR) is 38.8 cm³/mol. The van der Waals surface area contributed by atoms with Crippen molar-refractivity contribution < 1.29 is 160 Å². The molecule has 0 radical (unpaired) electrons. The molecule has 9 nitrogen and oxygen atoms in total. The van der Waals surface area contributed by atoms with Gasteiger partial charge in [-0.15, -0.1) is 0 Å². The van der Waals surface area contributed by atoms with Crippen molar-refractivity contribution in [3.8, 4) is 5.75 Å². The molecule has 1 heterocycles. The van der Waals surface area contributed by atoms with E-state index >= 15 is 0 Å². The van der Waals surface area contributed by atoms with Crippen LogP contribution in [0.15, 0.2) is 18.3 Å². The quantitative estimate of drug-likeness (QED) is 0.218. The Morgan fingerprint density at radius 3 is 1.72 bits per heavy atom. The third kappa shape index (κ3) is 20.2. The van der Waals surface area contributed by atoms with Crippen LogP contribution in [0.4, 0.5) is 0 Å². The Morgan fingerprint density at radius 1 is 1.11 bits per heavy atom. The number of aromatic carboxylic acids is 1. The summed E-state index contributed by atoms with van der Waals surface area (Å²) in [6.45, 7) is 0. The van der Waals surface area contributed by atoms with Crippen molar-refractivity contribution in [3.05, 3.63) is 24.0 Å². The molecule has 0 aliphatic rings. The molecule has 0 amide bonds. The van der Waals surface area contributed by atoms with Crippen LogP contribution in [0.3, 0.4) is 0 Å². The summed E-state index contributed by atoms with van der Waals surface area (Å²) in [7, 11) is 0. The Kier molecular flexibility index (Phi) is 48.6. The number of carboxylic acid groups (broad SMARTS) is 1. The molecule has 0 saturated heterocycles. The normalized spacial score (nSPS) is 5.94. The van der Waals surface area contributed by atoms with Crippen LogP contribution in [0.2, 0.25) is 0 Å². The van der Waals surface area contributed by atoms with E-state index in [0.717, 1.165) is 23.6 Å². The number of rotatable bonds is 1. The SMILES string of the molecule is O=C(O)c1ccc(O)cn1.[K+].[K+].[O-]O.[O-]O.[O]=[V]. The summed E-state index contributed by atoms with van der Waals surface area (Å²) in [6.07, 6.45) is 1.09. The van der Waals surface area contributed by atoms with Crippen LogP contribution in [0.5, 0.6) is 5.75 Å². The first-order valence-corrected chi connectivity index (χ1v) is 3.70. The molecular weight excluding hydrogens is 343 g/mol. The van der Waals surface area contributed by atoms with Gasteiger partial charge in [-0.05, 0) is 12.1 Å². The average Bonchev–Trinajstić information content (AvgIpc) is 2.37. The van der Waals surface area contributed by atoms with Gasteiger partial charge in [0.1, 0.15) is 11.4 Å². The minimum absolute atomic E-state index is 0. The van der Waals surface area contributed by atoms with E-state index in [-0.39, 0.29) is 114 Å². The van der Waals surface area contributed by atoms with Crippen molar-refractivity contribution in [1.29, 1.82) is 0 Å². The molecule has 0 atom stereocenters. The molecule has 0 spiro atoms. The zero-order valence-corrected chi connectivity index (χ0v) is 17.2. The van der Waals surface area contributed by atoms with Crippen LogP contribution < -0.4 is 113 Å². The van der Waals surface area contributed by atoms with E-state index in [1.54, 1.807) is 0 Å². The fourth-order valence-corrected chi connectivity index (χ4v) is 0.513. The fraction of sp³-hybridized carbons (Fsp3) is 0. The first-order chi connectivity index (χ1) is 7.70. The van der Waals surface area contributed by atoms with Gasteiger partial charge in [0.15, 0.2) is 0 Å². The summed E-state index contributed by atoms with van der Waals surface area (Å²) in [4.78, 5) is 13.6. The van der Waals surface area contributed by atoms with Gasteiger partial charge in [0.05, 0.1) is 6.20 Å². The molecule has 1 rings (SSSR count). The molecule has 0 unspecified atom stereocenters. The van der Waals surface area contributed by atoms with E-state index in [1.807, 2.05) is 0 Å². The number of aromatic hydroxyl groups is 1. The molecule has 0 saturated carbocycles. The first kappa shape index (κ1) is 32.0. The van der Waals surface area contributed by atoms with Crippen LogP contribution >= 0.6 is 0 Å². The van der Waals surface area contributed by atoms with Gasteiger partial charge in [-0.25, -0.2) is 9.78 Å². The zero-order chi connectivity index (χ0) is 13.6. The summed E-state index contributed by atoms with van der Waals surface area (Å²) < 4.78 is 8.19. The van der Waals surface area contributed by atoms with Crippen LogP contribution in [0.25, 0.3) is 0 Å². The number of aromatic nitrogens is 1. The molecule has 0 aromatic carbocycles. The molecule has 1 aromatic rings. The molecule has 0 aliphatic heterocycles. The minimum atomic E-state index is -1.10. The van der Waals surface area contributed by atoms with Crippen molar-refractivity contribution in [2.45, 2.75) is 0 Å². The monoisotopic (exact) mass is 350 g/mol. The maximum absolute atomic E-state index is 10.2. The second kappa shape index (κ2) is 27.3. The van der Waals surface area contributed by atoms with Crippen molar-refractivity contribution >= 4 is 5.97 Å². The van der Waals surface area contributed by atoms with E-state index in [1.165, 1.54) is 12.1 Å².